The number of thioether (sulfide) groups is 1. The van der Waals surface area contributed by atoms with Gasteiger partial charge in [0, 0.05) is 23.9 Å². The van der Waals surface area contributed by atoms with Gasteiger partial charge in [-0.25, -0.2) is 0 Å². The van der Waals surface area contributed by atoms with Crippen molar-refractivity contribution in [3.05, 3.63) is 131 Å². The van der Waals surface area contributed by atoms with Crippen molar-refractivity contribution in [1.29, 1.82) is 0 Å². The molecule has 4 aromatic rings. The van der Waals surface area contributed by atoms with Gasteiger partial charge < -0.3 is 14.6 Å². The maximum absolute atomic E-state index is 12.4. The summed E-state index contributed by atoms with van der Waals surface area (Å²) in [6, 6.07) is 35.6. The highest BCUT2D eigenvalue weighted by Crippen LogP contribution is 2.48. The summed E-state index contributed by atoms with van der Waals surface area (Å²) in [7, 11) is 3.19. The van der Waals surface area contributed by atoms with Gasteiger partial charge in [-0.2, -0.15) is 0 Å². The zero-order chi connectivity index (χ0) is 26.1. The molecule has 0 aromatic heterocycles. The van der Waals surface area contributed by atoms with Crippen LogP contribution < -0.4 is 14.8 Å². The van der Waals surface area contributed by atoms with Crippen LogP contribution in [0.15, 0.2) is 109 Å². The normalized spacial score (nSPS) is 12.1. The Balaban J connectivity index is 1.67. The molecule has 4 rings (SSSR count). The fraction of sp³-hybridized carbons (Fsp3) is 0.194. The number of benzene rings is 4. The highest BCUT2D eigenvalue weighted by molar-refractivity contribution is 8.00. The molecule has 5 nitrogen and oxygen atoms in total. The second kappa shape index (κ2) is 12.5. The van der Waals surface area contributed by atoms with E-state index in [9.17, 15) is 9.90 Å². The van der Waals surface area contributed by atoms with Crippen molar-refractivity contribution in [2.45, 2.75) is 17.3 Å². The van der Waals surface area contributed by atoms with Crippen LogP contribution in [0.1, 0.15) is 22.3 Å². The summed E-state index contributed by atoms with van der Waals surface area (Å²) in [5, 5.41) is 13.4. The van der Waals surface area contributed by atoms with Gasteiger partial charge in [0.05, 0.1) is 19.0 Å². The first-order valence-corrected chi connectivity index (χ1v) is 13.0. The molecule has 0 aliphatic carbocycles. The number of nitrogens with one attached hydrogen (secondary N) is 1. The third-order valence-electron chi connectivity index (χ3n) is 6.34. The lowest BCUT2D eigenvalue weighted by Crippen LogP contribution is -2.40. The van der Waals surface area contributed by atoms with Gasteiger partial charge in [0.2, 0.25) is 0 Å². The Kier molecular flexibility index (Phi) is 8.88. The molecule has 1 atom stereocenters. The second-order valence-corrected chi connectivity index (χ2v) is 9.77. The monoisotopic (exact) mass is 513 g/mol. The van der Waals surface area contributed by atoms with Crippen LogP contribution >= 0.6 is 11.8 Å². The molecule has 0 saturated heterocycles. The molecular formula is C31H31NO4S. The fourth-order valence-corrected chi connectivity index (χ4v) is 6.01. The van der Waals surface area contributed by atoms with Crippen molar-refractivity contribution >= 4 is 17.7 Å². The van der Waals surface area contributed by atoms with Gasteiger partial charge in [-0.15, -0.1) is 11.8 Å². The van der Waals surface area contributed by atoms with Crippen LogP contribution in [0.25, 0.3) is 0 Å². The molecule has 37 heavy (non-hydrogen) atoms. The number of hydrogen-bond acceptors (Lipinski definition) is 5. The molecule has 0 amide bonds. The van der Waals surface area contributed by atoms with Gasteiger partial charge in [0.15, 0.2) is 0 Å². The first-order chi connectivity index (χ1) is 18.1. The zero-order valence-electron chi connectivity index (χ0n) is 21.0. The molecule has 0 bridgehead atoms. The van der Waals surface area contributed by atoms with Crippen LogP contribution in [0.4, 0.5) is 0 Å². The van der Waals surface area contributed by atoms with Crippen molar-refractivity contribution in [3.8, 4) is 11.5 Å². The predicted octanol–water partition coefficient (Wildman–Crippen LogP) is 5.97. The van der Waals surface area contributed by atoms with E-state index in [4.69, 9.17) is 9.47 Å². The van der Waals surface area contributed by atoms with Gasteiger partial charge in [-0.1, -0.05) is 97.1 Å². The number of carboxylic acid groups (broad SMARTS) is 1. The van der Waals surface area contributed by atoms with Gasteiger partial charge in [0.1, 0.15) is 17.5 Å². The smallest absolute Gasteiger partial charge is 0.321 e. The average Bonchev–Trinajstić information content (AvgIpc) is 2.96. The molecular weight excluding hydrogens is 482 g/mol. The SMILES string of the molecule is COc1ccc(CN[C@@H](CSC(c2ccccc2)(c2ccccc2)c2ccccc2)C(=O)O)c(OC)c1. The van der Waals surface area contributed by atoms with Crippen LogP contribution in [0.3, 0.4) is 0 Å². The number of hydrogen-bond donors (Lipinski definition) is 2. The summed E-state index contributed by atoms with van der Waals surface area (Å²) >= 11 is 1.62. The summed E-state index contributed by atoms with van der Waals surface area (Å²) < 4.78 is 10.2. The van der Waals surface area contributed by atoms with Crippen molar-refractivity contribution in [2.24, 2.45) is 0 Å². The first-order valence-electron chi connectivity index (χ1n) is 12.1. The van der Waals surface area contributed by atoms with Gasteiger partial charge in [-0.3, -0.25) is 10.1 Å². The van der Waals surface area contributed by atoms with Crippen LogP contribution in [-0.4, -0.2) is 37.1 Å². The molecule has 0 fully saturated rings. The van der Waals surface area contributed by atoms with E-state index in [-0.39, 0.29) is 0 Å². The van der Waals surface area contributed by atoms with Crippen molar-refractivity contribution < 1.29 is 19.4 Å². The first kappa shape index (κ1) is 26.3. The maximum Gasteiger partial charge on any atom is 0.321 e. The summed E-state index contributed by atoms with van der Waals surface area (Å²) in [5.74, 6) is 0.773. The molecule has 0 heterocycles. The van der Waals surface area contributed by atoms with Gasteiger partial charge in [0.25, 0.3) is 0 Å². The quantitative estimate of drug-likeness (QED) is 0.228. The van der Waals surface area contributed by atoms with E-state index in [2.05, 4.69) is 41.7 Å². The van der Waals surface area contributed by atoms with E-state index < -0.39 is 16.8 Å². The minimum Gasteiger partial charge on any atom is -0.497 e. The lowest BCUT2D eigenvalue weighted by molar-refractivity contribution is -0.138. The molecule has 0 unspecified atom stereocenters. The molecule has 0 aliphatic rings. The van der Waals surface area contributed by atoms with Crippen molar-refractivity contribution in [2.75, 3.05) is 20.0 Å². The van der Waals surface area contributed by atoms with Crippen LogP contribution in [-0.2, 0) is 16.1 Å². The van der Waals surface area contributed by atoms with Crippen LogP contribution in [0.5, 0.6) is 11.5 Å². The number of carbonyl (C=O) groups is 1. The fourth-order valence-electron chi connectivity index (χ4n) is 4.43. The van der Waals surface area contributed by atoms with E-state index in [1.165, 1.54) is 0 Å². The third-order valence-corrected chi connectivity index (χ3v) is 7.98. The van der Waals surface area contributed by atoms with E-state index >= 15 is 0 Å². The molecule has 0 spiro atoms. The Morgan fingerprint density at radius 2 is 1.32 bits per heavy atom. The highest BCUT2D eigenvalue weighted by Gasteiger charge is 2.38. The van der Waals surface area contributed by atoms with Crippen molar-refractivity contribution in [3.63, 3.8) is 0 Å². The summed E-state index contributed by atoms with van der Waals surface area (Å²) in [6.45, 7) is 0.347. The standard InChI is InChI=1S/C31H31NO4S/c1-35-27-19-18-23(29(20-27)36-2)21-32-28(30(33)34)22-37-31(24-12-6-3-7-13-24,25-14-8-4-9-15-25)26-16-10-5-11-17-26/h3-20,28,32H,21-22H2,1-2H3,(H,33,34)/t28-/m0/s1. The molecule has 190 valence electrons. The number of carboxylic acids is 1. The predicted molar refractivity (Wildman–Crippen MR) is 149 cm³/mol. The van der Waals surface area contributed by atoms with Crippen LogP contribution in [0.2, 0.25) is 0 Å². The van der Waals surface area contributed by atoms with Crippen LogP contribution in [0, 0.1) is 0 Å². The third kappa shape index (κ3) is 5.98. The summed E-state index contributed by atoms with van der Waals surface area (Å²) in [5.41, 5.74) is 4.15. The topological polar surface area (TPSA) is 67.8 Å². The van der Waals surface area contributed by atoms with E-state index in [0.717, 1.165) is 22.3 Å². The number of rotatable bonds is 12. The number of methoxy groups -OCH3 is 2. The van der Waals surface area contributed by atoms with E-state index in [0.29, 0.717) is 23.8 Å². The molecule has 0 saturated carbocycles. The average molecular weight is 514 g/mol. The lowest BCUT2D eigenvalue weighted by Gasteiger charge is -2.36. The Labute approximate surface area is 222 Å². The zero-order valence-corrected chi connectivity index (χ0v) is 21.8. The molecule has 4 aromatic carbocycles. The summed E-state index contributed by atoms with van der Waals surface area (Å²) in [4.78, 5) is 12.4. The van der Waals surface area contributed by atoms with Gasteiger partial charge in [-0.05, 0) is 22.8 Å². The minimum absolute atomic E-state index is 0.340. The highest BCUT2D eigenvalue weighted by atomic mass is 32.2. The largest absolute Gasteiger partial charge is 0.497 e. The Morgan fingerprint density at radius 3 is 1.76 bits per heavy atom. The maximum atomic E-state index is 12.4. The summed E-state index contributed by atoms with van der Waals surface area (Å²) in [6.07, 6.45) is 0. The molecule has 0 aliphatic heterocycles. The lowest BCUT2D eigenvalue weighted by atomic mass is 9.84. The Hall–Kier alpha value is -3.74. The van der Waals surface area contributed by atoms with E-state index in [1.54, 1.807) is 32.0 Å². The van der Waals surface area contributed by atoms with E-state index in [1.807, 2.05) is 66.7 Å². The Bertz CT molecular complexity index is 1190. The Morgan fingerprint density at radius 1 is 0.811 bits per heavy atom. The second-order valence-electron chi connectivity index (χ2n) is 8.54. The minimum atomic E-state index is -0.900. The number of aliphatic carboxylic acids is 1. The molecule has 0 radical (unpaired) electrons. The van der Waals surface area contributed by atoms with Gasteiger partial charge >= 0.3 is 5.97 Å². The number of ether oxygens (including phenoxy) is 2. The molecule has 6 heteroatoms. The van der Waals surface area contributed by atoms with Crippen molar-refractivity contribution in [1.82, 2.24) is 5.32 Å². The molecule has 2 N–H and O–H groups in total.